The van der Waals surface area contributed by atoms with Gasteiger partial charge in [-0.2, -0.15) is 8.78 Å². The van der Waals surface area contributed by atoms with Crippen molar-refractivity contribution >= 4 is 5.91 Å². The topological polar surface area (TPSA) is 29.5 Å². The van der Waals surface area contributed by atoms with Crippen LogP contribution in [0.2, 0.25) is 0 Å². The molecule has 5 heteroatoms. The molecule has 2 aliphatic rings. The molecule has 3 nitrogen and oxygen atoms in total. The highest BCUT2D eigenvalue weighted by Crippen LogP contribution is 2.64. The van der Waals surface area contributed by atoms with E-state index >= 15 is 0 Å². The number of piperidine rings is 1. The smallest absolute Gasteiger partial charge is 0.339 e. The van der Waals surface area contributed by atoms with E-state index in [1.54, 1.807) is 0 Å². The Morgan fingerprint density at radius 3 is 2.56 bits per heavy atom. The quantitative estimate of drug-likeness (QED) is 0.778. The molecule has 2 fully saturated rings. The fourth-order valence-corrected chi connectivity index (χ4v) is 3.58. The molecule has 1 aliphatic carbocycles. The van der Waals surface area contributed by atoms with Crippen LogP contribution in [0.4, 0.5) is 8.78 Å². The molecule has 4 atom stereocenters. The second kappa shape index (κ2) is 4.44. The maximum absolute atomic E-state index is 12.0. The van der Waals surface area contributed by atoms with Crippen LogP contribution in [0.1, 0.15) is 34.1 Å². The maximum Gasteiger partial charge on any atom is 0.345 e. The first kappa shape index (κ1) is 13.7. The van der Waals surface area contributed by atoms with Crippen molar-refractivity contribution < 1.29 is 18.3 Å². The first-order chi connectivity index (χ1) is 8.25. The zero-order chi connectivity index (χ0) is 13.7. The molecule has 18 heavy (non-hydrogen) atoms. The average Bonchev–Trinajstić information content (AvgIpc) is 2.57. The SMILES string of the molecule is C[C@H](CC(=O)N1CC2C([C@H]1C)C2(C)C)OC(F)F. The molecule has 1 saturated carbocycles. The molecule has 104 valence electrons. The Kier molecular flexibility index (Phi) is 3.38. The van der Waals surface area contributed by atoms with E-state index in [0.717, 1.165) is 6.54 Å². The fraction of sp³-hybridized carbons (Fsp3) is 0.923. The largest absolute Gasteiger partial charge is 0.345 e. The molecule has 1 heterocycles. The van der Waals surface area contributed by atoms with Crippen molar-refractivity contribution in [3.63, 3.8) is 0 Å². The summed E-state index contributed by atoms with van der Waals surface area (Å²) in [7, 11) is 0. The number of fused-ring (bicyclic) bond motifs is 1. The van der Waals surface area contributed by atoms with E-state index in [-0.39, 0.29) is 18.4 Å². The van der Waals surface area contributed by atoms with Crippen LogP contribution in [0, 0.1) is 17.3 Å². The predicted octanol–water partition coefficient (Wildman–Crippen LogP) is 2.51. The number of amides is 1. The van der Waals surface area contributed by atoms with Crippen LogP contribution >= 0.6 is 0 Å². The van der Waals surface area contributed by atoms with Gasteiger partial charge in [-0.3, -0.25) is 4.79 Å². The van der Waals surface area contributed by atoms with Crippen LogP contribution in [0.15, 0.2) is 0 Å². The first-order valence-electron chi connectivity index (χ1n) is 6.48. The van der Waals surface area contributed by atoms with Gasteiger partial charge in [0.2, 0.25) is 5.91 Å². The summed E-state index contributed by atoms with van der Waals surface area (Å²) < 4.78 is 28.3. The summed E-state index contributed by atoms with van der Waals surface area (Å²) in [6.07, 6.45) is -0.691. The minimum absolute atomic E-state index is 0.0363. The lowest BCUT2D eigenvalue weighted by Crippen LogP contribution is -2.40. The van der Waals surface area contributed by atoms with Gasteiger partial charge in [0, 0.05) is 12.6 Å². The molecule has 2 rings (SSSR count). The summed E-state index contributed by atoms with van der Waals surface area (Å²) in [6, 6.07) is 0.219. The molecule has 1 saturated heterocycles. The van der Waals surface area contributed by atoms with E-state index in [9.17, 15) is 13.6 Å². The van der Waals surface area contributed by atoms with Gasteiger partial charge in [-0.05, 0) is 31.1 Å². The zero-order valence-electron chi connectivity index (χ0n) is 11.3. The Morgan fingerprint density at radius 2 is 2.11 bits per heavy atom. The highest BCUT2D eigenvalue weighted by molar-refractivity contribution is 5.77. The monoisotopic (exact) mass is 261 g/mol. The molecule has 0 aromatic heterocycles. The Balaban J connectivity index is 1.85. The molecule has 0 aromatic rings. The molecule has 0 N–H and O–H groups in total. The normalized spacial score (nSPS) is 34.6. The number of hydrogen-bond donors (Lipinski definition) is 0. The fourth-order valence-electron chi connectivity index (χ4n) is 3.58. The highest BCUT2D eigenvalue weighted by Gasteiger charge is 2.65. The van der Waals surface area contributed by atoms with Crippen molar-refractivity contribution in [2.24, 2.45) is 17.3 Å². The minimum atomic E-state index is -2.81. The van der Waals surface area contributed by atoms with E-state index in [1.165, 1.54) is 6.92 Å². The molecule has 2 unspecified atom stereocenters. The maximum atomic E-state index is 12.0. The van der Waals surface area contributed by atoms with Gasteiger partial charge in [0.15, 0.2) is 0 Å². The summed E-state index contributed by atoms with van der Waals surface area (Å²) in [4.78, 5) is 13.9. The van der Waals surface area contributed by atoms with Crippen molar-refractivity contribution in [1.29, 1.82) is 0 Å². The summed E-state index contributed by atoms with van der Waals surface area (Å²) in [5.41, 5.74) is 0.335. The van der Waals surface area contributed by atoms with Gasteiger partial charge in [-0.1, -0.05) is 13.8 Å². The van der Waals surface area contributed by atoms with Crippen molar-refractivity contribution in [3.8, 4) is 0 Å². The van der Waals surface area contributed by atoms with E-state index < -0.39 is 12.7 Å². The number of carbonyl (C=O) groups excluding carboxylic acids is 1. The Labute approximate surface area is 106 Å². The summed E-state index contributed by atoms with van der Waals surface area (Å²) in [5, 5.41) is 0. The van der Waals surface area contributed by atoms with Crippen LogP contribution in [0.25, 0.3) is 0 Å². The third-order valence-corrected chi connectivity index (χ3v) is 4.66. The van der Waals surface area contributed by atoms with Crippen molar-refractivity contribution in [3.05, 3.63) is 0 Å². The van der Waals surface area contributed by atoms with E-state index in [2.05, 4.69) is 25.5 Å². The summed E-state index contributed by atoms with van der Waals surface area (Å²) in [5.74, 6) is 1.06. The highest BCUT2D eigenvalue weighted by atomic mass is 19.3. The Morgan fingerprint density at radius 1 is 1.50 bits per heavy atom. The van der Waals surface area contributed by atoms with Gasteiger partial charge in [-0.15, -0.1) is 0 Å². The third-order valence-electron chi connectivity index (χ3n) is 4.66. The van der Waals surface area contributed by atoms with Gasteiger partial charge in [0.05, 0.1) is 12.5 Å². The molecule has 0 radical (unpaired) electrons. The van der Waals surface area contributed by atoms with Crippen LogP contribution in [0.3, 0.4) is 0 Å². The lowest BCUT2D eigenvalue weighted by molar-refractivity contribution is -0.165. The van der Waals surface area contributed by atoms with E-state index in [0.29, 0.717) is 17.3 Å². The number of alkyl halides is 2. The molecule has 0 spiro atoms. The van der Waals surface area contributed by atoms with Gasteiger partial charge in [0.1, 0.15) is 0 Å². The first-order valence-corrected chi connectivity index (χ1v) is 6.48. The van der Waals surface area contributed by atoms with Crippen molar-refractivity contribution in [2.75, 3.05) is 6.54 Å². The second-order valence-electron chi connectivity index (χ2n) is 6.15. The molecule has 1 aliphatic heterocycles. The standard InChI is InChI=1S/C13H21F2NO2/c1-7(18-12(14)15)5-10(17)16-6-9-11(8(16)2)13(9,3)4/h7-9,11-12H,5-6H2,1-4H3/t7-,8-,9?,11?/m1/s1. The average molecular weight is 261 g/mol. The molecular formula is C13H21F2NO2. The van der Waals surface area contributed by atoms with Gasteiger partial charge >= 0.3 is 6.61 Å². The van der Waals surface area contributed by atoms with Crippen molar-refractivity contribution in [2.45, 2.75) is 52.9 Å². The summed E-state index contributed by atoms with van der Waals surface area (Å²) in [6.45, 7) is 5.97. The van der Waals surface area contributed by atoms with Crippen molar-refractivity contribution in [1.82, 2.24) is 4.90 Å². The van der Waals surface area contributed by atoms with Gasteiger partial charge < -0.3 is 9.64 Å². The van der Waals surface area contributed by atoms with E-state index in [4.69, 9.17) is 0 Å². The van der Waals surface area contributed by atoms with Crippen LogP contribution in [0.5, 0.6) is 0 Å². The number of carbonyl (C=O) groups is 1. The number of hydrogen-bond acceptors (Lipinski definition) is 2. The van der Waals surface area contributed by atoms with Crippen LogP contribution in [-0.2, 0) is 9.53 Å². The number of likely N-dealkylation sites (tertiary alicyclic amines) is 1. The van der Waals surface area contributed by atoms with Crippen LogP contribution < -0.4 is 0 Å². The number of rotatable bonds is 4. The number of ether oxygens (including phenoxy) is 1. The van der Waals surface area contributed by atoms with Crippen LogP contribution in [-0.4, -0.2) is 36.1 Å². The lowest BCUT2D eigenvalue weighted by atomic mass is 10.0. The number of halogens is 2. The minimum Gasteiger partial charge on any atom is -0.339 e. The molecule has 0 aromatic carbocycles. The Hall–Kier alpha value is -0.710. The van der Waals surface area contributed by atoms with Gasteiger partial charge in [0.25, 0.3) is 0 Å². The predicted molar refractivity (Wildman–Crippen MR) is 63.1 cm³/mol. The summed E-state index contributed by atoms with van der Waals surface area (Å²) >= 11 is 0. The Bertz CT molecular complexity index is 346. The van der Waals surface area contributed by atoms with Gasteiger partial charge in [-0.25, -0.2) is 0 Å². The zero-order valence-corrected chi connectivity index (χ0v) is 11.3. The second-order valence-corrected chi connectivity index (χ2v) is 6.15. The lowest BCUT2D eigenvalue weighted by Gasteiger charge is -2.29. The molecule has 0 bridgehead atoms. The number of nitrogens with zero attached hydrogens (tertiary/aromatic N) is 1. The third kappa shape index (κ3) is 2.25. The van der Waals surface area contributed by atoms with E-state index in [1.807, 2.05) is 4.90 Å². The molecule has 1 amide bonds. The molecular weight excluding hydrogens is 240 g/mol.